The minimum Gasteiger partial charge on any atom is -0.477 e. The Balaban J connectivity index is 1.31. The molecule has 3 N–H and O–H groups in total. The van der Waals surface area contributed by atoms with Crippen LogP contribution in [0.4, 0.5) is 0 Å². The molecule has 39 heavy (non-hydrogen) atoms. The van der Waals surface area contributed by atoms with Crippen molar-refractivity contribution in [2.45, 2.75) is 85.1 Å². The highest BCUT2D eigenvalue weighted by atomic mass is 16.5. The molecule has 3 saturated carbocycles. The van der Waals surface area contributed by atoms with Crippen LogP contribution >= 0.6 is 0 Å². The van der Waals surface area contributed by atoms with Gasteiger partial charge in [-0.3, -0.25) is 9.59 Å². The molecule has 0 aromatic carbocycles. The Labute approximate surface area is 234 Å². The van der Waals surface area contributed by atoms with E-state index in [1.807, 2.05) is 24.8 Å². The standard InChI is InChI=1S/C31H49N5O3/c1-20(2)19-39-29-26(28(37)34-27-24-15-22-6-5-7-25(27)23(14-22)16-24)18-33-36(29)13-10-31(3,4)30(38)35-11-8-21(17-32)9-12-35/h10,13,18,20-25,27H,5-9,11-12,14-17,19,32H2,1-4H3,(H,34,37)/b13-10+. The number of carbonyl (C=O) groups is 2. The Morgan fingerprint density at radius 2 is 1.90 bits per heavy atom. The van der Waals surface area contributed by atoms with Crippen molar-refractivity contribution in [3.63, 3.8) is 0 Å². The molecule has 3 bridgehead atoms. The van der Waals surface area contributed by atoms with E-state index in [4.69, 9.17) is 10.5 Å². The summed E-state index contributed by atoms with van der Waals surface area (Å²) in [6.07, 6.45) is 14.9. The van der Waals surface area contributed by atoms with Gasteiger partial charge in [0, 0.05) is 25.3 Å². The summed E-state index contributed by atoms with van der Waals surface area (Å²) in [4.78, 5) is 28.9. The van der Waals surface area contributed by atoms with Crippen molar-refractivity contribution < 1.29 is 14.3 Å². The van der Waals surface area contributed by atoms with E-state index in [9.17, 15) is 9.59 Å². The van der Waals surface area contributed by atoms with Crippen molar-refractivity contribution in [2.24, 2.45) is 46.7 Å². The van der Waals surface area contributed by atoms with Crippen LogP contribution in [0, 0.1) is 40.9 Å². The average Bonchev–Trinajstić information content (AvgIpc) is 3.38. The van der Waals surface area contributed by atoms with E-state index < -0.39 is 5.41 Å². The Morgan fingerprint density at radius 1 is 1.15 bits per heavy atom. The van der Waals surface area contributed by atoms with Crippen molar-refractivity contribution in [2.75, 3.05) is 26.2 Å². The van der Waals surface area contributed by atoms with Gasteiger partial charge in [-0.15, -0.1) is 0 Å². The molecule has 4 aliphatic rings. The first kappa shape index (κ1) is 28.2. The van der Waals surface area contributed by atoms with Gasteiger partial charge < -0.3 is 20.7 Å². The van der Waals surface area contributed by atoms with Crippen LogP contribution in [-0.4, -0.2) is 58.8 Å². The molecule has 0 spiro atoms. The number of carbonyl (C=O) groups excluding carboxylic acids is 2. The van der Waals surface area contributed by atoms with Crippen LogP contribution in [0.5, 0.6) is 5.88 Å². The maximum absolute atomic E-state index is 13.7. The number of likely N-dealkylation sites (tertiary alicyclic amines) is 1. The van der Waals surface area contributed by atoms with Crippen molar-refractivity contribution in [1.82, 2.24) is 20.0 Å². The van der Waals surface area contributed by atoms with Crippen molar-refractivity contribution in [1.29, 1.82) is 0 Å². The number of fused-ring (bicyclic) bond motifs is 2. The predicted molar refractivity (Wildman–Crippen MR) is 153 cm³/mol. The van der Waals surface area contributed by atoms with Gasteiger partial charge in [-0.05, 0) is 94.4 Å². The molecule has 1 saturated heterocycles. The van der Waals surface area contributed by atoms with Gasteiger partial charge in [-0.2, -0.15) is 5.10 Å². The van der Waals surface area contributed by atoms with E-state index in [1.165, 1.54) is 38.5 Å². The van der Waals surface area contributed by atoms with Crippen LogP contribution in [0.25, 0.3) is 6.20 Å². The molecular formula is C31H49N5O3. The highest BCUT2D eigenvalue weighted by Crippen LogP contribution is 2.53. The topological polar surface area (TPSA) is 102 Å². The SMILES string of the molecule is CC(C)COc1c(C(=O)NC2C3CC4CCCC2C(C4)C3)cnn1/C=C/C(C)(C)C(=O)N1CCC(CN)CC1. The fourth-order valence-electron chi connectivity index (χ4n) is 7.68. The molecular weight excluding hydrogens is 490 g/mol. The number of rotatable bonds is 9. The van der Waals surface area contributed by atoms with Crippen molar-refractivity contribution in [3.8, 4) is 5.88 Å². The third-order valence-electron chi connectivity index (χ3n) is 9.87. The van der Waals surface area contributed by atoms with E-state index in [1.54, 1.807) is 17.1 Å². The Bertz CT molecular complexity index is 1050. The lowest BCUT2D eigenvalue weighted by Crippen LogP contribution is -2.45. The molecule has 1 aromatic rings. The average molecular weight is 540 g/mol. The van der Waals surface area contributed by atoms with Crippen LogP contribution < -0.4 is 15.8 Å². The fourth-order valence-corrected chi connectivity index (χ4v) is 7.68. The summed E-state index contributed by atoms with van der Waals surface area (Å²) in [5.74, 6) is 4.07. The summed E-state index contributed by atoms with van der Waals surface area (Å²) in [5.41, 5.74) is 5.59. The monoisotopic (exact) mass is 539 g/mol. The lowest BCUT2D eigenvalue weighted by atomic mass is 9.79. The number of nitrogens with two attached hydrogens (primary N) is 1. The fraction of sp³-hybridized carbons (Fsp3) is 0.774. The van der Waals surface area contributed by atoms with Gasteiger partial charge >= 0.3 is 0 Å². The Kier molecular flexibility index (Phi) is 8.41. The molecule has 0 radical (unpaired) electrons. The molecule has 2 amide bonds. The second-order valence-electron chi connectivity index (χ2n) is 13.7. The molecule has 1 aromatic heterocycles. The predicted octanol–water partition coefficient (Wildman–Crippen LogP) is 4.56. The Hall–Kier alpha value is -2.35. The normalized spacial score (nSPS) is 29.3. The van der Waals surface area contributed by atoms with Crippen LogP contribution in [0.1, 0.15) is 89.4 Å². The van der Waals surface area contributed by atoms with Crippen molar-refractivity contribution in [3.05, 3.63) is 17.8 Å². The van der Waals surface area contributed by atoms with E-state index in [2.05, 4.69) is 24.3 Å². The number of hydrogen-bond donors (Lipinski definition) is 2. The summed E-state index contributed by atoms with van der Waals surface area (Å²) in [7, 11) is 0. The maximum Gasteiger partial charge on any atom is 0.258 e. The van der Waals surface area contributed by atoms with Gasteiger partial charge in [0.1, 0.15) is 5.56 Å². The van der Waals surface area contributed by atoms with E-state index >= 15 is 0 Å². The minimum atomic E-state index is -0.710. The lowest BCUT2D eigenvalue weighted by molar-refractivity contribution is -0.139. The van der Waals surface area contributed by atoms with Gasteiger partial charge in [0.25, 0.3) is 5.91 Å². The molecule has 1 aliphatic heterocycles. The molecule has 8 heteroatoms. The van der Waals surface area contributed by atoms with Crippen LogP contribution in [0.3, 0.4) is 0 Å². The Morgan fingerprint density at radius 3 is 2.62 bits per heavy atom. The zero-order valence-corrected chi connectivity index (χ0v) is 24.4. The highest BCUT2D eigenvalue weighted by Gasteiger charge is 2.49. The summed E-state index contributed by atoms with van der Waals surface area (Å²) >= 11 is 0. The summed E-state index contributed by atoms with van der Waals surface area (Å²) < 4.78 is 7.79. The number of hydrogen-bond acceptors (Lipinski definition) is 5. The summed E-state index contributed by atoms with van der Waals surface area (Å²) in [6, 6.07) is 0.254. The number of amides is 2. The van der Waals surface area contributed by atoms with E-state index in [-0.39, 0.29) is 17.9 Å². The third kappa shape index (κ3) is 6.06. The first-order chi connectivity index (χ1) is 18.7. The first-order valence-electron chi connectivity index (χ1n) is 15.4. The number of ether oxygens (including phenoxy) is 1. The molecule has 5 rings (SSSR count). The van der Waals surface area contributed by atoms with Gasteiger partial charge in [0.05, 0.1) is 18.2 Å². The number of piperidine rings is 1. The van der Waals surface area contributed by atoms with E-state index in [0.29, 0.717) is 48.3 Å². The summed E-state index contributed by atoms with van der Waals surface area (Å²) in [5, 5.41) is 7.96. The largest absolute Gasteiger partial charge is 0.477 e. The van der Waals surface area contributed by atoms with E-state index in [0.717, 1.165) is 37.8 Å². The summed E-state index contributed by atoms with van der Waals surface area (Å²) in [6.45, 7) is 10.7. The van der Waals surface area contributed by atoms with Gasteiger partial charge in [0.2, 0.25) is 11.8 Å². The molecule has 2 heterocycles. The van der Waals surface area contributed by atoms with Crippen LogP contribution in [0.2, 0.25) is 0 Å². The zero-order chi connectivity index (χ0) is 27.7. The number of nitrogens with one attached hydrogen (secondary N) is 1. The molecule has 8 nitrogen and oxygen atoms in total. The van der Waals surface area contributed by atoms with Crippen LogP contribution in [0.15, 0.2) is 12.3 Å². The molecule has 3 aliphatic carbocycles. The molecule has 5 unspecified atom stereocenters. The highest BCUT2D eigenvalue weighted by molar-refractivity contribution is 5.96. The van der Waals surface area contributed by atoms with Gasteiger partial charge in [-0.25, -0.2) is 4.68 Å². The molecule has 4 fully saturated rings. The zero-order valence-electron chi connectivity index (χ0n) is 24.4. The van der Waals surface area contributed by atoms with Gasteiger partial charge in [0.15, 0.2) is 0 Å². The minimum absolute atomic E-state index is 0.0915. The molecule has 5 atom stereocenters. The lowest BCUT2D eigenvalue weighted by Gasteiger charge is -2.35. The molecule has 216 valence electrons. The number of aromatic nitrogens is 2. The second kappa shape index (κ2) is 11.6. The van der Waals surface area contributed by atoms with Gasteiger partial charge in [-0.1, -0.05) is 32.8 Å². The van der Waals surface area contributed by atoms with Crippen LogP contribution in [-0.2, 0) is 4.79 Å². The smallest absolute Gasteiger partial charge is 0.258 e. The maximum atomic E-state index is 13.7. The second-order valence-corrected chi connectivity index (χ2v) is 13.7. The quantitative estimate of drug-likeness (QED) is 0.479. The van der Waals surface area contributed by atoms with Crippen molar-refractivity contribution >= 4 is 18.0 Å². The third-order valence-corrected chi connectivity index (χ3v) is 9.87. The first-order valence-corrected chi connectivity index (χ1v) is 15.4. The number of nitrogens with zero attached hydrogens (tertiary/aromatic N) is 3.